The molecule has 2 rings (SSSR count). The normalized spacial score (nSPS) is 11.4. The van der Waals surface area contributed by atoms with E-state index in [2.05, 4.69) is 5.16 Å². The van der Waals surface area contributed by atoms with Crippen LogP contribution in [0.4, 0.5) is 4.39 Å². The number of carbonyl (C=O) groups excluding carboxylic acids is 1. The van der Waals surface area contributed by atoms with Crippen LogP contribution in [0, 0.1) is 5.82 Å². The van der Waals surface area contributed by atoms with Crippen molar-refractivity contribution in [2.24, 2.45) is 0 Å². The fraction of sp³-hybridized carbons (Fsp3) is 0.133. The smallest absolute Gasteiger partial charge is 0.342 e. The van der Waals surface area contributed by atoms with Gasteiger partial charge in [0.15, 0.2) is 12.0 Å². The monoisotopic (exact) mass is 338 g/mol. The van der Waals surface area contributed by atoms with Gasteiger partial charge in [0, 0.05) is 20.3 Å². The lowest BCUT2D eigenvalue weighted by atomic mass is 10.0. The molecule has 23 heavy (non-hydrogen) atoms. The Morgan fingerprint density at radius 1 is 1.43 bits per heavy atom. The number of halogens is 2. The topological polar surface area (TPSA) is 83.6 Å². The minimum Gasteiger partial charge on any atom is -0.477 e. The molecule has 0 saturated heterocycles. The van der Waals surface area contributed by atoms with Crippen molar-refractivity contribution in [3.8, 4) is 11.3 Å². The summed E-state index contributed by atoms with van der Waals surface area (Å²) in [6.07, 6.45) is 1.80. The van der Waals surface area contributed by atoms with E-state index >= 15 is 0 Å². The maximum Gasteiger partial charge on any atom is 0.342 e. The van der Waals surface area contributed by atoms with Gasteiger partial charge in [0.25, 0.3) is 0 Å². The number of aromatic carboxylic acids is 1. The van der Waals surface area contributed by atoms with E-state index in [1.54, 1.807) is 14.1 Å². The number of carboxylic acid groups (broad SMARTS) is 1. The molecule has 0 atom stereocenters. The number of carbonyl (C=O) groups is 2. The molecule has 1 aromatic carbocycles. The van der Waals surface area contributed by atoms with Crippen molar-refractivity contribution in [3.63, 3.8) is 0 Å². The van der Waals surface area contributed by atoms with E-state index in [1.165, 1.54) is 23.2 Å². The lowest BCUT2D eigenvalue weighted by Crippen LogP contribution is -2.06. The first-order valence-electron chi connectivity index (χ1n) is 6.38. The molecule has 1 aromatic heterocycles. The first-order valence-corrected chi connectivity index (χ1v) is 6.75. The number of aldehydes is 1. The standard InChI is InChI=1S/C15H12ClFN2O4/c1-19(2)6-8(7-20)14-12(15(21)22)13(18-23-14)11-9(16)4-3-5-10(11)17/h3-7H,1-2H3,(H,21,22). The van der Waals surface area contributed by atoms with Gasteiger partial charge in [-0.1, -0.05) is 22.8 Å². The van der Waals surface area contributed by atoms with Crippen LogP contribution in [0.5, 0.6) is 0 Å². The zero-order chi connectivity index (χ0) is 17.1. The minimum atomic E-state index is -1.41. The van der Waals surface area contributed by atoms with Gasteiger partial charge in [0.1, 0.15) is 17.1 Å². The SMILES string of the molecule is CN(C)C=C(C=O)c1onc(-c2c(F)cccc2Cl)c1C(=O)O. The van der Waals surface area contributed by atoms with Gasteiger partial charge in [0.05, 0.1) is 16.2 Å². The summed E-state index contributed by atoms with van der Waals surface area (Å²) in [6.45, 7) is 0. The zero-order valence-electron chi connectivity index (χ0n) is 12.2. The van der Waals surface area contributed by atoms with Gasteiger partial charge >= 0.3 is 5.97 Å². The lowest BCUT2D eigenvalue weighted by molar-refractivity contribution is -0.103. The molecule has 0 bridgehead atoms. The van der Waals surface area contributed by atoms with E-state index in [9.17, 15) is 19.1 Å². The third kappa shape index (κ3) is 3.24. The van der Waals surface area contributed by atoms with E-state index in [0.717, 1.165) is 6.07 Å². The molecule has 6 nitrogen and oxygen atoms in total. The molecule has 0 spiro atoms. The molecule has 0 unspecified atom stereocenters. The van der Waals surface area contributed by atoms with Gasteiger partial charge in [-0.2, -0.15) is 0 Å². The quantitative estimate of drug-likeness (QED) is 0.666. The average molecular weight is 339 g/mol. The molecule has 0 aliphatic heterocycles. The maximum atomic E-state index is 14.0. The largest absolute Gasteiger partial charge is 0.477 e. The second kappa shape index (κ2) is 6.62. The Hall–Kier alpha value is -2.67. The van der Waals surface area contributed by atoms with Crippen LogP contribution < -0.4 is 0 Å². The molecule has 2 aromatic rings. The van der Waals surface area contributed by atoms with E-state index in [1.807, 2.05) is 0 Å². The molecule has 120 valence electrons. The molecular formula is C15H12ClFN2O4. The predicted molar refractivity (Wildman–Crippen MR) is 81.6 cm³/mol. The number of carboxylic acids is 1. The van der Waals surface area contributed by atoms with Crippen LogP contribution in [0.25, 0.3) is 16.8 Å². The Balaban J connectivity index is 2.74. The van der Waals surface area contributed by atoms with Gasteiger partial charge < -0.3 is 14.5 Å². The number of rotatable bonds is 5. The summed E-state index contributed by atoms with van der Waals surface area (Å²) in [5.41, 5.74) is -0.949. The highest BCUT2D eigenvalue weighted by Gasteiger charge is 2.28. The van der Waals surface area contributed by atoms with Crippen LogP contribution in [0.3, 0.4) is 0 Å². The van der Waals surface area contributed by atoms with Crippen LogP contribution in [0.15, 0.2) is 28.9 Å². The summed E-state index contributed by atoms with van der Waals surface area (Å²) < 4.78 is 19.0. The Morgan fingerprint density at radius 3 is 2.65 bits per heavy atom. The highest BCUT2D eigenvalue weighted by Crippen LogP contribution is 2.35. The number of hydrogen-bond acceptors (Lipinski definition) is 5. The zero-order valence-corrected chi connectivity index (χ0v) is 13.0. The molecule has 0 aliphatic carbocycles. The van der Waals surface area contributed by atoms with Gasteiger partial charge in [-0.05, 0) is 12.1 Å². The van der Waals surface area contributed by atoms with E-state index in [-0.39, 0.29) is 27.6 Å². The minimum absolute atomic E-state index is 0.0170. The van der Waals surface area contributed by atoms with Crippen molar-refractivity contribution in [2.75, 3.05) is 14.1 Å². The lowest BCUT2D eigenvalue weighted by Gasteiger charge is -2.06. The van der Waals surface area contributed by atoms with Crippen molar-refractivity contribution in [3.05, 3.63) is 46.6 Å². The van der Waals surface area contributed by atoms with Crippen molar-refractivity contribution in [1.82, 2.24) is 10.1 Å². The molecule has 0 fully saturated rings. The van der Waals surface area contributed by atoms with Crippen LogP contribution in [0.1, 0.15) is 16.1 Å². The van der Waals surface area contributed by atoms with Gasteiger partial charge in [-0.3, -0.25) is 4.79 Å². The van der Waals surface area contributed by atoms with Crippen LogP contribution >= 0.6 is 11.6 Å². The molecule has 0 saturated carbocycles. The molecule has 1 N–H and O–H groups in total. The van der Waals surface area contributed by atoms with Crippen LogP contribution in [0.2, 0.25) is 5.02 Å². The Bertz CT molecular complexity index is 779. The summed E-state index contributed by atoms with van der Waals surface area (Å²) in [6, 6.07) is 3.90. The number of allylic oxidation sites excluding steroid dienone is 1. The molecular weight excluding hydrogens is 327 g/mol. The molecule has 0 aliphatic rings. The highest BCUT2D eigenvalue weighted by atomic mass is 35.5. The summed E-state index contributed by atoms with van der Waals surface area (Å²) in [4.78, 5) is 24.3. The second-order valence-corrected chi connectivity index (χ2v) is 5.21. The summed E-state index contributed by atoms with van der Waals surface area (Å²) in [5.74, 6) is -2.43. The number of nitrogens with zero attached hydrogens (tertiary/aromatic N) is 2. The van der Waals surface area contributed by atoms with Gasteiger partial charge in [0.2, 0.25) is 0 Å². The summed E-state index contributed by atoms with van der Waals surface area (Å²) in [7, 11) is 3.30. The van der Waals surface area contributed by atoms with Crippen molar-refractivity contribution >= 4 is 29.4 Å². The molecule has 1 heterocycles. The number of hydrogen-bond donors (Lipinski definition) is 1. The third-order valence-electron chi connectivity index (χ3n) is 2.89. The third-order valence-corrected chi connectivity index (χ3v) is 3.21. The fourth-order valence-corrected chi connectivity index (χ4v) is 2.25. The molecule has 8 heteroatoms. The molecule has 0 radical (unpaired) electrons. The number of aromatic nitrogens is 1. The Kier molecular flexibility index (Phi) is 4.80. The van der Waals surface area contributed by atoms with Crippen LogP contribution in [-0.4, -0.2) is 41.5 Å². The predicted octanol–water partition coefficient (Wildman–Crippen LogP) is 2.93. The summed E-state index contributed by atoms with van der Waals surface area (Å²) in [5, 5.41) is 13.0. The van der Waals surface area contributed by atoms with Crippen molar-refractivity contribution < 1.29 is 23.6 Å². The summed E-state index contributed by atoms with van der Waals surface area (Å²) >= 11 is 5.94. The van der Waals surface area contributed by atoms with E-state index in [0.29, 0.717) is 6.29 Å². The average Bonchev–Trinajstić information content (AvgIpc) is 2.89. The van der Waals surface area contributed by atoms with Crippen molar-refractivity contribution in [1.29, 1.82) is 0 Å². The van der Waals surface area contributed by atoms with E-state index in [4.69, 9.17) is 16.1 Å². The maximum absolute atomic E-state index is 14.0. The van der Waals surface area contributed by atoms with Crippen LogP contribution in [-0.2, 0) is 4.79 Å². The first kappa shape index (κ1) is 16.7. The second-order valence-electron chi connectivity index (χ2n) is 4.80. The Morgan fingerprint density at radius 2 is 2.13 bits per heavy atom. The highest BCUT2D eigenvalue weighted by molar-refractivity contribution is 6.33. The fourth-order valence-electron chi connectivity index (χ4n) is 2.00. The Labute approximate surface area is 135 Å². The van der Waals surface area contributed by atoms with E-state index < -0.39 is 17.3 Å². The van der Waals surface area contributed by atoms with Crippen molar-refractivity contribution in [2.45, 2.75) is 0 Å². The molecule has 0 amide bonds. The first-order chi connectivity index (χ1) is 10.9. The van der Waals surface area contributed by atoms with Gasteiger partial charge in [-0.15, -0.1) is 0 Å². The number of benzene rings is 1. The van der Waals surface area contributed by atoms with Gasteiger partial charge in [-0.25, -0.2) is 9.18 Å².